The van der Waals surface area contributed by atoms with E-state index in [4.69, 9.17) is 4.98 Å². The highest BCUT2D eigenvalue weighted by atomic mass is 32.1. The molecule has 5 rings (SSSR count). The first-order chi connectivity index (χ1) is 16.3. The molecule has 1 aliphatic heterocycles. The van der Waals surface area contributed by atoms with Gasteiger partial charge in [-0.15, -0.1) is 11.3 Å². The molecule has 0 aromatic carbocycles. The van der Waals surface area contributed by atoms with Crippen LogP contribution in [0.1, 0.15) is 73.4 Å². The van der Waals surface area contributed by atoms with Crippen LogP contribution in [0.4, 0.5) is 5.13 Å². The van der Waals surface area contributed by atoms with Gasteiger partial charge in [-0.25, -0.2) is 9.97 Å². The first kappa shape index (κ1) is 23.4. The Hall–Kier alpha value is -2.39. The fraction of sp³-hybridized carbons (Fsp3) is 0.640. The minimum atomic E-state index is -0.553. The van der Waals surface area contributed by atoms with Crippen molar-refractivity contribution in [3.8, 4) is 0 Å². The third kappa shape index (κ3) is 4.02. The van der Waals surface area contributed by atoms with Crippen LogP contribution < -0.4 is 5.32 Å². The largest absolute Gasteiger partial charge is 0.392 e. The molecule has 8 nitrogen and oxygen atoms in total. The zero-order chi connectivity index (χ0) is 24.0. The standard InChI is InChI=1S/C25H33N5O3S/c1-14(23(33)30-10-4-5-11-30)16-6-7-25(3)12-18-20(15(2)19(25)21(16)31)28-24(34-18)29-22(32)17-13-26-8-9-27-17/h8-9,13-16,19,21,31H,4-7,10-12H2,1-3H3,(H,28,29,32). The fourth-order valence-electron chi connectivity index (χ4n) is 6.59. The van der Waals surface area contributed by atoms with Crippen molar-refractivity contribution in [1.82, 2.24) is 19.9 Å². The van der Waals surface area contributed by atoms with Gasteiger partial charge in [-0.3, -0.25) is 19.9 Å². The molecule has 9 heteroatoms. The van der Waals surface area contributed by atoms with Crippen molar-refractivity contribution in [2.45, 2.75) is 64.9 Å². The fourth-order valence-corrected chi connectivity index (χ4v) is 7.85. The zero-order valence-electron chi connectivity index (χ0n) is 20.0. The van der Waals surface area contributed by atoms with E-state index in [2.05, 4.69) is 29.1 Å². The lowest BCUT2D eigenvalue weighted by Crippen LogP contribution is -2.53. The molecule has 6 atom stereocenters. The van der Waals surface area contributed by atoms with Crippen molar-refractivity contribution in [1.29, 1.82) is 0 Å². The van der Waals surface area contributed by atoms with Crippen LogP contribution in [-0.4, -0.2) is 56.0 Å². The summed E-state index contributed by atoms with van der Waals surface area (Å²) >= 11 is 1.51. The van der Waals surface area contributed by atoms with Gasteiger partial charge in [0.2, 0.25) is 5.91 Å². The minimum absolute atomic E-state index is 0.0261. The monoisotopic (exact) mass is 483 g/mol. The van der Waals surface area contributed by atoms with Crippen molar-refractivity contribution >= 4 is 28.3 Å². The number of rotatable bonds is 4. The molecule has 2 N–H and O–H groups in total. The van der Waals surface area contributed by atoms with E-state index in [1.807, 2.05) is 11.8 Å². The van der Waals surface area contributed by atoms with E-state index in [0.29, 0.717) is 5.13 Å². The molecule has 0 radical (unpaired) electrons. The van der Waals surface area contributed by atoms with Gasteiger partial charge in [0, 0.05) is 42.2 Å². The maximum atomic E-state index is 13.1. The van der Waals surface area contributed by atoms with Crippen LogP contribution in [0, 0.1) is 23.2 Å². The van der Waals surface area contributed by atoms with Crippen molar-refractivity contribution in [2.75, 3.05) is 18.4 Å². The highest BCUT2D eigenvalue weighted by Crippen LogP contribution is 2.57. The molecular weight excluding hydrogens is 450 g/mol. The van der Waals surface area contributed by atoms with Gasteiger partial charge < -0.3 is 10.0 Å². The predicted molar refractivity (Wildman–Crippen MR) is 130 cm³/mol. The molecule has 2 aromatic heterocycles. The van der Waals surface area contributed by atoms with Gasteiger partial charge in [0.25, 0.3) is 5.91 Å². The number of hydrogen-bond acceptors (Lipinski definition) is 7. The smallest absolute Gasteiger partial charge is 0.277 e. The van der Waals surface area contributed by atoms with Crippen molar-refractivity contribution in [3.63, 3.8) is 0 Å². The summed E-state index contributed by atoms with van der Waals surface area (Å²) in [5.74, 6) is -0.285. The maximum absolute atomic E-state index is 13.1. The molecular formula is C25H33N5O3S. The van der Waals surface area contributed by atoms with E-state index in [0.717, 1.165) is 50.9 Å². The molecule has 2 aliphatic carbocycles. The number of amides is 2. The summed E-state index contributed by atoms with van der Waals surface area (Å²) in [4.78, 5) is 41.6. The van der Waals surface area contributed by atoms with Crippen LogP contribution in [0.15, 0.2) is 18.6 Å². The summed E-state index contributed by atoms with van der Waals surface area (Å²) in [6.45, 7) is 8.08. The molecule has 2 aromatic rings. The number of carbonyl (C=O) groups excluding carboxylic acids is 2. The van der Waals surface area contributed by atoms with Crippen LogP contribution in [0.2, 0.25) is 0 Å². The summed E-state index contributed by atoms with van der Waals surface area (Å²) in [5, 5.41) is 15.0. The third-order valence-electron chi connectivity index (χ3n) is 8.39. The number of fused-ring (bicyclic) bond motifs is 2. The summed E-state index contributed by atoms with van der Waals surface area (Å²) < 4.78 is 0. The number of thiazole rings is 1. The lowest BCUT2D eigenvalue weighted by atomic mass is 9.53. The van der Waals surface area contributed by atoms with E-state index in [9.17, 15) is 14.7 Å². The molecule has 2 fully saturated rings. The van der Waals surface area contributed by atoms with Gasteiger partial charge >= 0.3 is 0 Å². The van der Waals surface area contributed by atoms with Crippen LogP contribution in [-0.2, 0) is 11.2 Å². The molecule has 6 unspecified atom stereocenters. The Bertz CT molecular complexity index is 1070. The lowest BCUT2D eigenvalue weighted by Gasteiger charge is -2.53. The van der Waals surface area contributed by atoms with E-state index in [1.54, 1.807) is 0 Å². The van der Waals surface area contributed by atoms with Crippen LogP contribution in [0.5, 0.6) is 0 Å². The lowest BCUT2D eigenvalue weighted by molar-refractivity contribution is -0.143. The Labute approximate surface area is 204 Å². The minimum Gasteiger partial charge on any atom is -0.392 e. The average Bonchev–Trinajstić information content (AvgIpc) is 3.49. The number of likely N-dealkylation sites (tertiary alicyclic amines) is 1. The molecule has 34 heavy (non-hydrogen) atoms. The Morgan fingerprint density at radius 1 is 1.29 bits per heavy atom. The second-order valence-corrected chi connectivity index (χ2v) is 11.6. The van der Waals surface area contributed by atoms with E-state index < -0.39 is 6.10 Å². The first-order valence-corrected chi connectivity index (χ1v) is 13.1. The van der Waals surface area contributed by atoms with Gasteiger partial charge in [0.1, 0.15) is 5.69 Å². The van der Waals surface area contributed by atoms with Gasteiger partial charge in [-0.2, -0.15) is 0 Å². The molecule has 0 bridgehead atoms. The Morgan fingerprint density at radius 3 is 2.76 bits per heavy atom. The third-order valence-corrected chi connectivity index (χ3v) is 9.37. The Morgan fingerprint density at radius 2 is 2.06 bits per heavy atom. The second kappa shape index (κ2) is 9.00. The highest BCUT2D eigenvalue weighted by Gasteiger charge is 2.54. The van der Waals surface area contributed by atoms with E-state index in [1.165, 1.54) is 34.8 Å². The van der Waals surface area contributed by atoms with Crippen LogP contribution in [0.3, 0.4) is 0 Å². The maximum Gasteiger partial charge on any atom is 0.277 e. The number of hydrogen-bond donors (Lipinski definition) is 2. The number of nitrogens with one attached hydrogen (secondary N) is 1. The normalized spacial score (nSPS) is 31.5. The van der Waals surface area contributed by atoms with Crippen LogP contribution >= 0.6 is 11.3 Å². The highest BCUT2D eigenvalue weighted by molar-refractivity contribution is 7.15. The number of aliphatic hydroxyl groups is 1. The van der Waals surface area contributed by atoms with Crippen molar-refractivity contribution in [3.05, 3.63) is 34.9 Å². The predicted octanol–water partition coefficient (Wildman–Crippen LogP) is 3.50. The van der Waals surface area contributed by atoms with Gasteiger partial charge in [-0.05, 0) is 49.4 Å². The molecule has 2 amide bonds. The van der Waals surface area contributed by atoms with E-state index >= 15 is 0 Å². The number of aromatic nitrogens is 3. The van der Waals surface area contributed by atoms with Gasteiger partial charge in [-0.1, -0.05) is 20.8 Å². The number of anilines is 1. The second-order valence-electron chi connectivity index (χ2n) is 10.5. The molecule has 3 aliphatic rings. The Balaban J connectivity index is 1.35. The number of nitrogens with zero attached hydrogens (tertiary/aromatic N) is 4. The van der Waals surface area contributed by atoms with Gasteiger partial charge in [0.15, 0.2) is 5.13 Å². The summed E-state index contributed by atoms with van der Waals surface area (Å²) in [6, 6.07) is 0. The van der Waals surface area contributed by atoms with Crippen LogP contribution in [0.25, 0.3) is 0 Å². The SMILES string of the molecule is CC(C(=O)N1CCCC1)C1CCC2(C)Cc3sc(NC(=O)c4cnccn4)nc3C(C)C2C1O. The molecule has 182 valence electrons. The average molecular weight is 484 g/mol. The summed E-state index contributed by atoms with van der Waals surface area (Å²) in [5.41, 5.74) is 1.15. The first-order valence-electron chi connectivity index (χ1n) is 12.3. The molecule has 0 spiro atoms. The zero-order valence-corrected chi connectivity index (χ0v) is 20.8. The molecule has 1 saturated heterocycles. The van der Waals surface area contributed by atoms with Gasteiger partial charge in [0.05, 0.1) is 18.0 Å². The van der Waals surface area contributed by atoms with Crippen molar-refractivity contribution < 1.29 is 14.7 Å². The summed E-state index contributed by atoms with van der Waals surface area (Å²) in [6.07, 6.45) is 8.70. The number of carbonyl (C=O) groups is 2. The van der Waals surface area contributed by atoms with E-state index in [-0.39, 0.29) is 46.6 Å². The molecule has 1 saturated carbocycles. The number of aliphatic hydroxyl groups excluding tert-OH is 1. The topological polar surface area (TPSA) is 108 Å². The summed E-state index contributed by atoms with van der Waals surface area (Å²) in [7, 11) is 0. The quantitative estimate of drug-likeness (QED) is 0.689. The van der Waals surface area contributed by atoms with Crippen molar-refractivity contribution in [2.24, 2.45) is 23.2 Å². The molecule has 3 heterocycles. The Kier molecular flexibility index (Phi) is 6.18.